The molecule has 0 fully saturated rings. The van der Waals surface area contributed by atoms with Gasteiger partial charge in [0.1, 0.15) is 13.2 Å². The van der Waals surface area contributed by atoms with E-state index < -0.39 is 10.8 Å². The first kappa shape index (κ1) is 14.0. The molecular weight excluding hydrogens is 288 g/mol. The van der Waals surface area contributed by atoms with Crippen LogP contribution in [0.25, 0.3) is 0 Å². The fraction of sp³-hybridized carbons (Fsp3) is 0.267. The number of rotatable bonds is 4. The first-order valence-corrected chi connectivity index (χ1v) is 8.00. The van der Waals surface area contributed by atoms with E-state index in [0.29, 0.717) is 37.0 Å². The van der Waals surface area contributed by atoms with E-state index in [4.69, 9.17) is 15.2 Å². The maximum Gasteiger partial charge on any atom is 0.162 e. The average Bonchev–Trinajstić information content (AvgIpc) is 2.54. The van der Waals surface area contributed by atoms with Crippen LogP contribution in [-0.4, -0.2) is 22.4 Å². The molecule has 1 aliphatic rings. The highest BCUT2D eigenvalue weighted by Gasteiger charge is 2.14. The lowest BCUT2D eigenvalue weighted by Gasteiger charge is -2.18. The second kappa shape index (κ2) is 6.24. The highest BCUT2D eigenvalue weighted by Crippen LogP contribution is 2.32. The molecule has 1 aromatic carbocycles. The van der Waals surface area contributed by atoms with Crippen LogP contribution in [0.2, 0.25) is 0 Å². The molecule has 0 spiro atoms. The summed E-state index contributed by atoms with van der Waals surface area (Å²) >= 11 is 0. The smallest absolute Gasteiger partial charge is 0.162 e. The van der Waals surface area contributed by atoms with Crippen molar-refractivity contribution in [3.05, 3.63) is 47.8 Å². The minimum Gasteiger partial charge on any atom is -0.486 e. The molecule has 0 amide bonds. The number of ether oxygens (including phenoxy) is 2. The summed E-state index contributed by atoms with van der Waals surface area (Å²) in [6.45, 7) is 1.45. The lowest BCUT2D eigenvalue weighted by molar-refractivity contribution is 0.171. The lowest BCUT2D eigenvalue weighted by atomic mass is 10.2. The molecule has 2 N–H and O–H groups in total. The maximum absolute atomic E-state index is 12.5. The molecule has 1 unspecified atom stereocenters. The Kier molecular flexibility index (Phi) is 4.17. The van der Waals surface area contributed by atoms with E-state index in [1.165, 1.54) is 0 Å². The molecule has 0 bridgehead atoms. The second-order valence-electron chi connectivity index (χ2n) is 4.65. The summed E-state index contributed by atoms with van der Waals surface area (Å²) in [7, 11) is -1.15. The van der Waals surface area contributed by atoms with Gasteiger partial charge in [-0.2, -0.15) is 0 Å². The van der Waals surface area contributed by atoms with Gasteiger partial charge >= 0.3 is 0 Å². The van der Waals surface area contributed by atoms with Crippen LogP contribution in [0.1, 0.15) is 11.3 Å². The van der Waals surface area contributed by atoms with Gasteiger partial charge in [-0.1, -0.05) is 0 Å². The van der Waals surface area contributed by atoms with Crippen molar-refractivity contribution >= 4 is 10.8 Å². The van der Waals surface area contributed by atoms with Crippen molar-refractivity contribution in [2.75, 3.05) is 13.2 Å². The van der Waals surface area contributed by atoms with E-state index in [-0.39, 0.29) is 0 Å². The van der Waals surface area contributed by atoms with Gasteiger partial charge in [-0.15, -0.1) is 0 Å². The minimum atomic E-state index is -1.15. The molecule has 6 heteroatoms. The Bertz CT molecular complexity index is 676. The summed E-state index contributed by atoms with van der Waals surface area (Å²) in [5, 5.41) is 0. The Morgan fingerprint density at radius 2 is 1.95 bits per heavy atom. The van der Waals surface area contributed by atoms with Crippen LogP contribution in [0.4, 0.5) is 0 Å². The van der Waals surface area contributed by atoms with Gasteiger partial charge in [0.15, 0.2) is 11.5 Å². The van der Waals surface area contributed by atoms with Crippen LogP contribution in [0.3, 0.4) is 0 Å². The van der Waals surface area contributed by atoms with Gasteiger partial charge in [-0.05, 0) is 29.8 Å². The topological polar surface area (TPSA) is 74.4 Å². The third-order valence-electron chi connectivity index (χ3n) is 3.16. The quantitative estimate of drug-likeness (QED) is 0.929. The van der Waals surface area contributed by atoms with Gasteiger partial charge in [0.25, 0.3) is 0 Å². The van der Waals surface area contributed by atoms with Crippen LogP contribution >= 0.6 is 0 Å². The van der Waals surface area contributed by atoms with E-state index in [1.807, 2.05) is 18.2 Å². The Morgan fingerprint density at radius 3 is 2.76 bits per heavy atom. The highest BCUT2D eigenvalue weighted by molar-refractivity contribution is 7.84. The summed E-state index contributed by atoms with van der Waals surface area (Å²) in [5.74, 6) is 1.79. The summed E-state index contributed by atoms with van der Waals surface area (Å²) < 4.78 is 23.4. The predicted molar refractivity (Wildman–Crippen MR) is 79.7 cm³/mol. The Hall–Kier alpha value is -1.92. The second-order valence-corrected chi connectivity index (χ2v) is 6.11. The Morgan fingerprint density at radius 1 is 1.14 bits per heavy atom. The Labute approximate surface area is 125 Å². The van der Waals surface area contributed by atoms with Crippen molar-refractivity contribution in [3.63, 3.8) is 0 Å². The fourth-order valence-corrected chi connectivity index (χ4v) is 3.24. The molecular formula is C15H16N2O3S. The van der Waals surface area contributed by atoms with Crippen LogP contribution in [-0.2, 0) is 23.1 Å². The largest absolute Gasteiger partial charge is 0.486 e. The van der Waals surface area contributed by atoms with Crippen LogP contribution < -0.4 is 15.2 Å². The third kappa shape index (κ3) is 3.22. The number of aromatic nitrogens is 1. The first-order chi connectivity index (χ1) is 10.3. The van der Waals surface area contributed by atoms with Gasteiger partial charge in [0.05, 0.1) is 22.2 Å². The van der Waals surface area contributed by atoms with Crippen molar-refractivity contribution in [1.82, 2.24) is 4.98 Å². The molecule has 0 saturated heterocycles. The van der Waals surface area contributed by atoms with Crippen molar-refractivity contribution in [1.29, 1.82) is 0 Å². The fourth-order valence-electron chi connectivity index (χ4n) is 2.13. The summed E-state index contributed by atoms with van der Waals surface area (Å²) in [5.41, 5.74) is 7.32. The van der Waals surface area contributed by atoms with Crippen LogP contribution in [0, 0.1) is 0 Å². The number of nitrogens with two attached hydrogens (primary N) is 1. The van der Waals surface area contributed by atoms with Crippen molar-refractivity contribution in [2.24, 2.45) is 5.73 Å². The lowest BCUT2D eigenvalue weighted by Crippen LogP contribution is -2.15. The number of fused-ring (bicyclic) bond motifs is 1. The zero-order chi connectivity index (χ0) is 14.7. The third-order valence-corrected chi connectivity index (χ3v) is 4.54. The molecule has 2 aromatic rings. The van der Waals surface area contributed by atoms with E-state index in [9.17, 15) is 4.21 Å². The predicted octanol–water partition coefficient (Wildman–Crippen LogP) is 1.62. The summed E-state index contributed by atoms with van der Waals surface area (Å²) in [4.78, 5) is 4.86. The maximum atomic E-state index is 12.5. The number of benzene rings is 1. The number of nitrogens with zero attached hydrogens (tertiary/aromatic N) is 1. The van der Waals surface area contributed by atoms with Crippen LogP contribution in [0.15, 0.2) is 41.4 Å². The molecule has 0 radical (unpaired) electrons. The zero-order valence-corrected chi connectivity index (χ0v) is 12.3. The SMILES string of the molecule is NCc1cc(CS(=O)c2ccc3c(c2)OCCO3)ccn1. The molecule has 0 aliphatic carbocycles. The van der Waals surface area contributed by atoms with E-state index in [2.05, 4.69) is 4.98 Å². The number of hydrogen-bond donors (Lipinski definition) is 1. The van der Waals surface area contributed by atoms with Crippen molar-refractivity contribution in [3.8, 4) is 11.5 Å². The minimum absolute atomic E-state index is 0.379. The molecule has 21 heavy (non-hydrogen) atoms. The standard InChI is InChI=1S/C15H16N2O3S/c16-9-12-7-11(3-4-17-12)10-21(18)13-1-2-14-15(8-13)20-6-5-19-14/h1-4,7-8H,5-6,9-10,16H2. The zero-order valence-electron chi connectivity index (χ0n) is 11.5. The van der Waals surface area contributed by atoms with Crippen molar-refractivity contribution in [2.45, 2.75) is 17.2 Å². The van der Waals surface area contributed by atoms with E-state index in [1.54, 1.807) is 18.3 Å². The summed E-state index contributed by atoms with van der Waals surface area (Å²) in [6, 6.07) is 9.15. The molecule has 0 saturated carbocycles. The molecule has 1 aromatic heterocycles. The molecule has 2 heterocycles. The average molecular weight is 304 g/mol. The van der Waals surface area contributed by atoms with Crippen LogP contribution in [0.5, 0.6) is 11.5 Å². The Balaban J connectivity index is 1.78. The van der Waals surface area contributed by atoms with Gasteiger partial charge in [-0.25, -0.2) is 0 Å². The number of hydrogen-bond acceptors (Lipinski definition) is 5. The molecule has 5 nitrogen and oxygen atoms in total. The highest BCUT2D eigenvalue weighted by atomic mass is 32.2. The molecule has 1 atom stereocenters. The van der Waals surface area contributed by atoms with Gasteiger partial charge < -0.3 is 15.2 Å². The van der Waals surface area contributed by atoms with Crippen molar-refractivity contribution < 1.29 is 13.7 Å². The van der Waals surface area contributed by atoms with E-state index in [0.717, 1.165) is 16.2 Å². The normalized spacial score (nSPS) is 14.7. The molecule has 1 aliphatic heterocycles. The molecule has 3 rings (SSSR count). The van der Waals surface area contributed by atoms with Gasteiger partial charge in [-0.3, -0.25) is 9.19 Å². The van der Waals surface area contributed by atoms with E-state index >= 15 is 0 Å². The summed E-state index contributed by atoms with van der Waals surface area (Å²) in [6.07, 6.45) is 1.69. The molecule has 110 valence electrons. The number of pyridine rings is 1. The first-order valence-electron chi connectivity index (χ1n) is 6.68. The van der Waals surface area contributed by atoms with Gasteiger partial charge in [0, 0.05) is 23.7 Å². The monoisotopic (exact) mass is 304 g/mol. The van der Waals surface area contributed by atoms with Gasteiger partial charge in [0.2, 0.25) is 0 Å².